The van der Waals surface area contributed by atoms with Gasteiger partial charge in [-0.25, -0.2) is 4.68 Å². The monoisotopic (exact) mass is 469 g/mol. The molecule has 0 unspecified atom stereocenters. The van der Waals surface area contributed by atoms with E-state index >= 15 is 0 Å². The average Bonchev–Trinajstić information content (AvgIpc) is 3.22. The maximum atomic E-state index is 13.3. The molecule has 180 valence electrons. The van der Waals surface area contributed by atoms with Crippen molar-refractivity contribution in [3.05, 3.63) is 77.5 Å². The standard InChI is InChI=1S/C26H29F2N3O3/c1-18-14-31(22-8-4-3-5-9-22)29-24(18)19-10-11-20(23(13-19)34-25(27)28)15-30-12-6-7-21(16-30)26(2,33)17-32/h3-5,7-11,13-14,25,32-33H,6,12,15-17H2,1-2H3/t26-/m1/s1. The Morgan fingerprint density at radius 1 is 1.18 bits per heavy atom. The molecule has 2 aromatic carbocycles. The molecule has 2 heterocycles. The van der Waals surface area contributed by atoms with Crippen LogP contribution in [0.1, 0.15) is 24.5 Å². The van der Waals surface area contributed by atoms with Gasteiger partial charge in [0.05, 0.1) is 18.0 Å². The number of aliphatic hydroxyl groups excluding tert-OH is 1. The van der Waals surface area contributed by atoms with Gasteiger partial charge in [-0.2, -0.15) is 13.9 Å². The Morgan fingerprint density at radius 2 is 1.94 bits per heavy atom. The molecule has 0 fully saturated rings. The van der Waals surface area contributed by atoms with Gasteiger partial charge in [-0.3, -0.25) is 4.90 Å². The average molecular weight is 470 g/mol. The molecule has 0 spiro atoms. The van der Waals surface area contributed by atoms with E-state index in [1.54, 1.807) is 23.7 Å². The molecule has 0 aliphatic carbocycles. The lowest BCUT2D eigenvalue weighted by Crippen LogP contribution is -2.40. The van der Waals surface area contributed by atoms with E-state index in [4.69, 9.17) is 4.74 Å². The van der Waals surface area contributed by atoms with E-state index in [1.165, 1.54) is 0 Å². The summed E-state index contributed by atoms with van der Waals surface area (Å²) in [6, 6.07) is 14.9. The van der Waals surface area contributed by atoms with Gasteiger partial charge in [-0.05, 0) is 49.6 Å². The molecule has 4 rings (SSSR count). The fourth-order valence-electron chi connectivity index (χ4n) is 4.17. The number of aryl methyl sites for hydroxylation is 1. The molecule has 3 aromatic rings. The number of hydrogen-bond donors (Lipinski definition) is 2. The molecule has 1 atom stereocenters. The summed E-state index contributed by atoms with van der Waals surface area (Å²) in [5.74, 6) is 0.103. The van der Waals surface area contributed by atoms with Crippen LogP contribution in [0.2, 0.25) is 0 Å². The van der Waals surface area contributed by atoms with Crippen molar-refractivity contribution in [2.24, 2.45) is 0 Å². The molecule has 1 aliphatic rings. The number of aromatic nitrogens is 2. The molecule has 0 saturated carbocycles. The summed E-state index contributed by atoms with van der Waals surface area (Å²) in [4.78, 5) is 2.04. The van der Waals surface area contributed by atoms with E-state index in [-0.39, 0.29) is 12.4 Å². The first kappa shape index (κ1) is 24.1. The highest BCUT2D eigenvalue weighted by molar-refractivity contribution is 5.66. The Balaban J connectivity index is 1.60. The summed E-state index contributed by atoms with van der Waals surface area (Å²) in [7, 11) is 0. The smallest absolute Gasteiger partial charge is 0.387 e. The molecule has 1 aromatic heterocycles. The van der Waals surface area contributed by atoms with Gasteiger partial charge in [0.15, 0.2) is 0 Å². The normalized spacial score (nSPS) is 16.4. The van der Waals surface area contributed by atoms with Gasteiger partial charge in [-0.1, -0.05) is 36.4 Å². The van der Waals surface area contributed by atoms with Gasteiger partial charge in [0.25, 0.3) is 0 Å². The summed E-state index contributed by atoms with van der Waals surface area (Å²) in [5, 5.41) is 24.5. The molecule has 0 amide bonds. The lowest BCUT2D eigenvalue weighted by molar-refractivity contribution is -0.0507. The van der Waals surface area contributed by atoms with Crippen LogP contribution >= 0.6 is 0 Å². The van der Waals surface area contributed by atoms with Gasteiger partial charge in [0, 0.05) is 37.0 Å². The third kappa shape index (κ3) is 5.35. The topological polar surface area (TPSA) is 70.8 Å². The second-order valence-corrected chi connectivity index (χ2v) is 8.80. The van der Waals surface area contributed by atoms with Crippen molar-refractivity contribution in [2.75, 3.05) is 19.7 Å². The minimum absolute atomic E-state index is 0.103. The number of rotatable bonds is 8. The lowest BCUT2D eigenvalue weighted by atomic mass is 9.92. The van der Waals surface area contributed by atoms with Crippen molar-refractivity contribution in [1.29, 1.82) is 0 Å². The largest absolute Gasteiger partial charge is 0.434 e. The number of hydrogen-bond acceptors (Lipinski definition) is 5. The van der Waals surface area contributed by atoms with Crippen molar-refractivity contribution < 1.29 is 23.7 Å². The number of ether oxygens (including phenoxy) is 1. The van der Waals surface area contributed by atoms with Gasteiger partial charge in [0.2, 0.25) is 0 Å². The van der Waals surface area contributed by atoms with Crippen LogP contribution < -0.4 is 4.74 Å². The Morgan fingerprint density at radius 3 is 2.65 bits per heavy atom. The summed E-state index contributed by atoms with van der Waals surface area (Å²) in [5.41, 5.74) is 3.23. The third-order valence-corrected chi connectivity index (χ3v) is 6.10. The van der Waals surface area contributed by atoms with Crippen LogP contribution in [0.4, 0.5) is 8.78 Å². The van der Waals surface area contributed by atoms with Crippen molar-refractivity contribution in [1.82, 2.24) is 14.7 Å². The van der Waals surface area contributed by atoms with Crippen LogP contribution in [-0.2, 0) is 6.54 Å². The number of halogens is 2. The highest BCUT2D eigenvalue weighted by Crippen LogP contribution is 2.32. The zero-order valence-electron chi connectivity index (χ0n) is 19.3. The van der Waals surface area contributed by atoms with Crippen LogP contribution in [0.15, 0.2) is 66.4 Å². The molecule has 2 N–H and O–H groups in total. The maximum Gasteiger partial charge on any atom is 0.387 e. The number of aliphatic hydroxyl groups is 2. The zero-order chi connectivity index (χ0) is 24.3. The van der Waals surface area contributed by atoms with Crippen LogP contribution in [0, 0.1) is 6.92 Å². The fourth-order valence-corrected chi connectivity index (χ4v) is 4.17. The number of alkyl halides is 2. The predicted octanol–water partition coefficient (Wildman–Crippen LogP) is 4.32. The van der Waals surface area contributed by atoms with Crippen LogP contribution in [0.5, 0.6) is 5.75 Å². The lowest BCUT2D eigenvalue weighted by Gasteiger charge is -2.34. The highest BCUT2D eigenvalue weighted by Gasteiger charge is 2.28. The molecule has 0 saturated heterocycles. The Bertz CT molecular complexity index is 1160. The first-order chi connectivity index (χ1) is 16.3. The van der Waals surface area contributed by atoms with E-state index in [1.807, 2.05) is 60.5 Å². The van der Waals surface area contributed by atoms with Crippen molar-refractivity contribution in [3.63, 3.8) is 0 Å². The summed E-state index contributed by atoms with van der Waals surface area (Å²) in [6.45, 7) is 1.68. The molecule has 0 radical (unpaired) electrons. The fraction of sp³-hybridized carbons (Fsp3) is 0.346. The van der Waals surface area contributed by atoms with Gasteiger partial charge in [-0.15, -0.1) is 0 Å². The summed E-state index contributed by atoms with van der Waals surface area (Å²) >= 11 is 0. The first-order valence-electron chi connectivity index (χ1n) is 11.2. The molecule has 0 bridgehead atoms. The van der Waals surface area contributed by atoms with Gasteiger partial charge < -0.3 is 14.9 Å². The minimum Gasteiger partial charge on any atom is -0.434 e. The first-order valence-corrected chi connectivity index (χ1v) is 11.2. The highest BCUT2D eigenvalue weighted by atomic mass is 19.3. The minimum atomic E-state index is -2.95. The quantitative estimate of drug-likeness (QED) is 0.481. The Hall–Kier alpha value is -3.07. The van der Waals surface area contributed by atoms with E-state index in [0.29, 0.717) is 42.9 Å². The van der Waals surface area contributed by atoms with Crippen molar-refractivity contribution in [2.45, 2.75) is 39.0 Å². The van der Waals surface area contributed by atoms with Gasteiger partial charge >= 0.3 is 6.61 Å². The second kappa shape index (κ2) is 10.0. The molecule has 6 nitrogen and oxygen atoms in total. The van der Waals surface area contributed by atoms with E-state index < -0.39 is 12.2 Å². The second-order valence-electron chi connectivity index (χ2n) is 8.80. The Kier molecular flexibility index (Phi) is 7.11. The molecule has 34 heavy (non-hydrogen) atoms. The zero-order valence-corrected chi connectivity index (χ0v) is 19.3. The number of benzene rings is 2. The molecular weight excluding hydrogens is 440 g/mol. The van der Waals surface area contributed by atoms with E-state index in [9.17, 15) is 19.0 Å². The van der Waals surface area contributed by atoms with Crippen LogP contribution in [-0.4, -0.2) is 56.8 Å². The summed E-state index contributed by atoms with van der Waals surface area (Å²) in [6.07, 6.45) is 4.53. The SMILES string of the molecule is Cc1cn(-c2ccccc2)nc1-c1ccc(CN2CCC=C([C@](C)(O)CO)C2)c(OC(F)F)c1. The number of nitrogens with zero attached hydrogens (tertiary/aromatic N) is 3. The van der Waals surface area contributed by atoms with Crippen LogP contribution in [0.3, 0.4) is 0 Å². The predicted molar refractivity (Wildman–Crippen MR) is 126 cm³/mol. The van der Waals surface area contributed by atoms with E-state index in [0.717, 1.165) is 16.8 Å². The van der Waals surface area contributed by atoms with Crippen molar-refractivity contribution in [3.8, 4) is 22.7 Å². The summed E-state index contributed by atoms with van der Waals surface area (Å²) < 4.78 is 33.2. The third-order valence-electron chi connectivity index (χ3n) is 6.10. The number of para-hydroxylation sites is 1. The molecule has 8 heteroatoms. The Labute approximate surface area is 197 Å². The van der Waals surface area contributed by atoms with E-state index in [2.05, 4.69) is 5.10 Å². The van der Waals surface area contributed by atoms with Gasteiger partial charge in [0.1, 0.15) is 11.4 Å². The maximum absolute atomic E-state index is 13.3. The van der Waals surface area contributed by atoms with Crippen molar-refractivity contribution >= 4 is 0 Å². The molecular formula is C26H29F2N3O3. The molecule has 1 aliphatic heterocycles. The van der Waals surface area contributed by atoms with Crippen LogP contribution in [0.25, 0.3) is 16.9 Å².